The molecule has 1 heterocycles. The van der Waals surface area contributed by atoms with Gasteiger partial charge in [-0.05, 0) is 26.8 Å². The molecule has 1 rings (SSSR count). The van der Waals surface area contributed by atoms with Crippen molar-refractivity contribution >= 4 is 5.91 Å². The van der Waals surface area contributed by atoms with Gasteiger partial charge in [-0.1, -0.05) is 0 Å². The maximum atomic E-state index is 11.6. The van der Waals surface area contributed by atoms with Crippen LogP contribution < -0.4 is 16.0 Å². The molecule has 3 N–H and O–H groups in total. The number of methoxy groups -OCH3 is 1. The average molecular weight is 229 g/mol. The minimum absolute atomic E-state index is 0.0256. The summed E-state index contributed by atoms with van der Waals surface area (Å²) in [4.78, 5) is 11.6. The minimum atomic E-state index is 0.0256. The van der Waals surface area contributed by atoms with Gasteiger partial charge >= 0.3 is 0 Å². The number of nitrogens with one attached hydrogen (secondary N) is 3. The van der Waals surface area contributed by atoms with E-state index in [1.165, 1.54) is 0 Å². The third-order valence-electron chi connectivity index (χ3n) is 2.87. The quantitative estimate of drug-likeness (QED) is 0.573. The van der Waals surface area contributed by atoms with Gasteiger partial charge in [-0.15, -0.1) is 0 Å². The Bertz CT molecular complexity index is 227. The molecule has 0 aromatic heterocycles. The molecule has 1 amide bonds. The van der Waals surface area contributed by atoms with Crippen molar-refractivity contribution in [1.82, 2.24) is 16.0 Å². The predicted octanol–water partition coefficient (Wildman–Crippen LogP) is -0.521. The standard InChI is InChI=1S/C11H23N3O2/c1-9(7-16-3)14-10(15)6-13-11(2)4-5-12-8-11/h9,12-13H,4-8H2,1-3H3,(H,14,15). The summed E-state index contributed by atoms with van der Waals surface area (Å²) in [6, 6.07) is 0.0637. The average Bonchev–Trinajstić information content (AvgIpc) is 2.63. The molecule has 2 atom stereocenters. The lowest BCUT2D eigenvalue weighted by atomic mass is 10.0. The van der Waals surface area contributed by atoms with Crippen molar-refractivity contribution < 1.29 is 9.53 Å². The maximum Gasteiger partial charge on any atom is 0.234 e. The highest BCUT2D eigenvalue weighted by Gasteiger charge is 2.28. The van der Waals surface area contributed by atoms with E-state index in [4.69, 9.17) is 4.74 Å². The Kier molecular flexibility index (Phi) is 5.18. The lowest BCUT2D eigenvalue weighted by Crippen LogP contribution is -2.50. The van der Waals surface area contributed by atoms with Crippen molar-refractivity contribution in [3.8, 4) is 0 Å². The van der Waals surface area contributed by atoms with Gasteiger partial charge in [0, 0.05) is 25.2 Å². The Morgan fingerprint density at radius 1 is 1.62 bits per heavy atom. The second kappa shape index (κ2) is 6.18. The van der Waals surface area contributed by atoms with Gasteiger partial charge in [0.1, 0.15) is 0 Å². The fraction of sp³-hybridized carbons (Fsp3) is 0.909. The van der Waals surface area contributed by atoms with Crippen molar-refractivity contribution in [2.45, 2.75) is 31.8 Å². The van der Waals surface area contributed by atoms with Crippen molar-refractivity contribution in [1.29, 1.82) is 0 Å². The van der Waals surface area contributed by atoms with Crippen LogP contribution in [0.4, 0.5) is 0 Å². The van der Waals surface area contributed by atoms with Crippen LogP contribution in [0.2, 0.25) is 0 Å². The lowest BCUT2D eigenvalue weighted by molar-refractivity contribution is -0.121. The molecule has 0 aliphatic carbocycles. The van der Waals surface area contributed by atoms with E-state index in [2.05, 4.69) is 22.9 Å². The summed E-state index contributed by atoms with van der Waals surface area (Å²) in [5, 5.41) is 9.45. The molecule has 0 radical (unpaired) electrons. The van der Waals surface area contributed by atoms with E-state index in [9.17, 15) is 4.79 Å². The largest absolute Gasteiger partial charge is 0.383 e. The van der Waals surface area contributed by atoms with Gasteiger partial charge in [-0.25, -0.2) is 0 Å². The summed E-state index contributed by atoms with van der Waals surface area (Å²) in [5.74, 6) is 0.0256. The van der Waals surface area contributed by atoms with Crippen molar-refractivity contribution in [2.75, 3.05) is 33.4 Å². The summed E-state index contributed by atoms with van der Waals surface area (Å²) in [6.07, 6.45) is 1.06. The highest BCUT2D eigenvalue weighted by Crippen LogP contribution is 2.12. The molecule has 1 aliphatic rings. The Balaban J connectivity index is 2.19. The fourth-order valence-corrected chi connectivity index (χ4v) is 1.88. The fourth-order valence-electron chi connectivity index (χ4n) is 1.88. The number of carbonyl (C=O) groups excluding carboxylic acids is 1. The molecule has 0 spiro atoms. The van der Waals surface area contributed by atoms with Crippen LogP contribution in [-0.4, -0.2) is 50.8 Å². The van der Waals surface area contributed by atoms with Crippen molar-refractivity contribution in [2.24, 2.45) is 0 Å². The highest BCUT2D eigenvalue weighted by molar-refractivity contribution is 5.78. The van der Waals surface area contributed by atoms with Gasteiger partial charge < -0.3 is 20.7 Å². The molecule has 1 aliphatic heterocycles. The van der Waals surface area contributed by atoms with Crippen molar-refractivity contribution in [3.05, 3.63) is 0 Å². The molecule has 0 aromatic rings. The molecular formula is C11H23N3O2. The highest BCUT2D eigenvalue weighted by atomic mass is 16.5. The molecule has 16 heavy (non-hydrogen) atoms. The number of rotatable bonds is 6. The van der Waals surface area contributed by atoms with E-state index in [0.717, 1.165) is 19.5 Å². The molecule has 2 unspecified atom stereocenters. The second-order valence-corrected chi connectivity index (χ2v) is 4.76. The van der Waals surface area contributed by atoms with Gasteiger partial charge in [0.05, 0.1) is 13.2 Å². The van der Waals surface area contributed by atoms with E-state index in [-0.39, 0.29) is 17.5 Å². The van der Waals surface area contributed by atoms with Gasteiger partial charge in [-0.2, -0.15) is 0 Å². The summed E-state index contributed by atoms with van der Waals surface area (Å²) in [5.41, 5.74) is 0.0574. The van der Waals surface area contributed by atoms with E-state index < -0.39 is 0 Å². The second-order valence-electron chi connectivity index (χ2n) is 4.76. The van der Waals surface area contributed by atoms with Crippen LogP contribution in [0.15, 0.2) is 0 Å². The van der Waals surface area contributed by atoms with Gasteiger partial charge in [0.15, 0.2) is 0 Å². The Hall–Kier alpha value is -0.650. The predicted molar refractivity (Wildman–Crippen MR) is 63.4 cm³/mol. The maximum absolute atomic E-state index is 11.6. The van der Waals surface area contributed by atoms with Crippen LogP contribution in [0.1, 0.15) is 20.3 Å². The first-order chi connectivity index (χ1) is 7.56. The van der Waals surface area contributed by atoms with Gasteiger partial charge in [0.25, 0.3) is 0 Å². The lowest BCUT2D eigenvalue weighted by Gasteiger charge is -2.24. The number of amides is 1. The molecule has 1 fully saturated rings. The van der Waals surface area contributed by atoms with Crippen LogP contribution in [0, 0.1) is 0 Å². The van der Waals surface area contributed by atoms with Crippen LogP contribution in [0.25, 0.3) is 0 Å². The summed E-state index contributed by atoms with van der Waals surface area (Å²) < 4.78 is 4.96. The zero-order chi connectivity index (χ0) is 12.0. The Morgan fingerprint density at radius 2 is 2.38 bits per heavy atom. The van der Waals surface area contributed by atoms with Crippen LogP contribution in [0.3, 0.4) is 0 Å². The third-order valence-corrected chi connectivity index (χ3v) is 2.87. The first-order valence-corrected chi connectivity index (χ1v) is 5.80. The number of hydrogen-bond donors (Lipinski definition) is 3. The monoisotopic (exact) mass is 229 g/mol. The van der Waals surface area contributed by atoms with E-state index in [1.54, 1.807) is 7.11 Å². The summed E-state index contributed by atoms with van der Waals surface area (Å²) in [6.45, 7) is 6.93. The molecular weight excluding hydrogens is 206 g/mol. The van der Waals surface area contributed by atoms with E-state index in [0.29, 0.717) is 13.2 Å². The smallest absolute Gasteiger partial charge is 0.234 e. The Labute approximate surface area is 97.3 Å². The normalized spacial score (nSPS) is 26.7. The van der Waals surface area contributed by atoms with E-state index in [1.807, 2.05) is 6.92 Å². The third kappa shape index (κ3) is 4.47. The van der Waals surface area contributed by atoms with Crippen LogP contribution in [-0.2, 0) is 9.53 Å². The first-order valence-electron chi connectivity index (χ1n) is 5.80. The van der Waals surface area contributed by atoms with Gasteiger partial charge in [-0.3, -0.25) is 4.79 Å². The summed E-state index contributed by atoms with van der Waals surface area (Å²) >= 11 is 0. The van der Waals surface area contributed by atoms with E-state index >= 15 is 0 Å². The summed E-state index contributed by atoms with van der Waals surface area (Å²) in [7, 11) is 1.63. The number of carbonyl (C=O) groups is 1. The van der Waals surface area contributed by atoms with Crippen LogP contribution in [0.5, 0.6) is 0 Å². The van der Waals surface area contributed by atoms with Crippen LogP contribution >= 0.6 is 0 Å². The topological polar surface area (TPSA) is 62.4 Å². The molecule has 0 saturated carbocycles. The molecule has 1 saturated heterocycles. The molecule has 0 aromatic carbocycles. The minimum Gasteiger partial charge on any atom is -0.383 e. The zero-order valence-corrected chi connectivity index (χ0v) is 10.4. The number of ether oxygens (including phenoxy) is 1. The molecule has 5 nitrogen and oxygen atoms in total. The zero-order valence-electron chi connectivity index (χ0n) is 10.4. The molecule has 94 valence electrons. The van der Waals surface area contributed by atoms with Gasteiger partial charge in [0.2, 0.25) is 5.91 Å². The molecule has 5 heteroatoms. The number of hydrogen-bond acceptors (Lipinski definition) is 4. The first kappa shape index (κ1) is 13.4. The SMILES string of the molecule is COCC(C)NC(=O)CNC1(C)CCNC1. The Morgan fingerprint density at radius 3 is 2.94 bits per heavy atom. The molecule has 0 bridgehead atoms. The van der Waals surface area contributed by atoms with Crippen molar-refractivity contribution in [3.63, 3.8) is 0 Å².